The van der Waals surface area contributed by atoms with Gasteiger partial charge in [-0.3, -0.25) is 0 Å². The van der Waals surface area contributed by atoms with Crippen LogP contribution in [0.3, 0.4) is 0 Å². The maximum Gasteiger partial charge on any atom is 0.0387 e. The molecular formula is C16H20N2. The summed E-state index contributed by atoms with van der Waals surface area (Å²) in [7, 11) is 0. The summed E-state index contributed by atoms with van der Waals surface area (Å²) in [5.41, 5.74) is 1.48. The van der Waals surface area contributed by atoms with Gasteiger partial charge in [-0.2, -0.15) is 0 Å². The fourth-order valence-electron chi connectivity index (χ4n) is 5.49. The Labute approximate surface area is 109 Å². The number of nitrogens with zero attached hydrogens (tertiary/aromatic N) is 2. The molecule has 5 rings (SSSR count). The Kier molecular flexibility index (Phi) is 1.87. The summed E-state index contributed by atoms with van der Waals surface area (Å²) >= 11 is 0. The summed E-state index contributed by atoms with van der Waals surface area (Å²) in [6.07, 6.45) is 5.93. The highest BCUT2D eigenvalue weighted by Crippen LogP contribution is 2.60. The van der Waals surface area contributed by atoms with Gasteiger partial charge in [-0.15, -0.1) is 0 Å². The number of piperidine rings is 1. The molecule has 0 spiro atoms. The minimum absolute atomic E-state index is 0.891. The fourth-order valence-corrected chi connectivity index (χ4v) is 5.49. The van der Waals surface area contributed by atoms with Crippen LogP contribution in [0.5, 0.6) is 0 Å². The SMILES string of the molecule is c1ccc(CN2C3C4CCC3C3CCC4N32)cc1. The second-order valence-corrected chi connectivity index (χ2v) is 6.57. The average molecular weight is 240 g/mol. The molecule has 94 valence electrons. The Morgan fingerprint density at radius 3 is 2.22 bits per heavy atom. The third-order valence-electron chi connectivity index (χ3n) is 5.97. The average Bonchev–Trinajstić information content (AvgIpc) is 3.03. The van der Waals surface area contributed by atoms with Gasteiger partial charge in [0, 0.05) is 24.7 Å². The molecule has 4 unspecified atom stereocenters. The lowest BCUT2D eigenvalue weighted by Gasteiger charge is -2.27. The van der Waals surface area contributed by atoms with Crippen molar-refractivity contribution in [3.8, 4) is 0 Å². The van der Waals surface area contributed by atoms with Crippen molar-refractivity contribution in [3.63, 3.8) is 0 Å². The van der Waals surface area contributed by atoms with Gasteiger partial charge in [0.25, 0.3) is 0 Å². The van der Waals surface area contributed by atoms with Crippen LogP contribution in [0.25, 0.3) is 0 Å². The monoisotopic (exact) mass is 240 g/mol. The van der Waals surface area contributed by atoms with Gasteiger partial charge in [0.05, 0.1) is 0 Å². The lowest BCUT2D eigenvalue weighted by atomic mass is 9.91. The quantitative estimate of drug-likeness (QED) is 0.784. The van der Waals surface area contributed by atoms with E-state index in [0.29, 0.717) is 0 Å². The summed E-state index contributed by atoms with van der Waals surface area (Å²) in [6, 6.07) is 13.7. The molecule has 0 radical (unpaired) electrons. The molecule has 0 amide bonds. The van der Waals surface area contributed by atoms with E-state index in [1.807, 2.05) is 0 Å². The van der Waals surface area contributed by atoms with Gasteiger partial charge in [-0.05, 0) is 43.1 Å². The lowest BCUT2D eigenvalue weighted by Crippen LogP contribution is -2.38. The van der Waals surface area contributed by atoms with E-state index in [2.05, 4.69) is 40.3 Å². The molecule has 0 aromatic heterocycles. The van der Waals surface area contributed by atoms with Gasteiger partial charge in [-0.1, -0.05) is 30.3 Å². The lowest BCUT2D eigenvalue weighted by molar-refractivity contribution is 0.0109. The first-order valence-electron chi connectivity index (χ1n) is 7.52. The molecule has 4 aliphatic rings. The summed E-state index contributed by atoms with van der Waals surface area (Å²) in [6.45, 7) is 1.14. The molecule has 2 heteroatoms. The summed E-state index contributed by atoms with van der Waals surface area (Å²) in [4.78, 5) is 0. The Bertz CT molecular complexity index is 427. The van der Waals surface area contributed by atoms with E-state index in [0.717, 1.165) is 36.5 Å². The van der Waals surface area contributed by atoms with Crippen LogP contribution in [-0.2, 0) is 6.54 Å². The molecule has 0 N–H and O–H groups in total. The number of rotatable bonds is 2. The van der Waals surface area contributed by atoms with Gasteiger partial charge in [0.15, 0.2) is 0 Å². The second-order valence-electron chi connectivity index (χ2n) is 6.57. The Morgan fingerprint density at radius 2 is 1.56 bits per heavy atom. The number of hydrogen-bond donors (Lipinski definition) is 0. The van der Waals surface area contributed by atoms with Crippen LogP contribution in [0.2, 0.25) is 0 Å². The second kappa shape index (κ2) is 3.37. The van der Waals surface area contributed by atoms with Crippen LogP contribution in [-0.4, -0.2) is 28.1 Å². The highest BCUT2D eigenvalue weighted by molar-refractivity contribution is 5.20. The van der Waals surface area contributed by atoms with Gasteiger partial charge in [0.1, 0.15) is 0 Å². The normalized spacial score (nSPS) is 45.2. The number of hydrogen-bond acceptors (Lipinski definition) is 2. The standard InChI is InChI=1S/C16H20N2/c1-2-4-11(5-3-1)10-17-16-12-6-7-13(16)15-9-8-14(12)18(15)17/h1-5,12-16H,6-10H2. The van der Waals surface area contributed by atoms with Gasteiger partial charge < -0.3 is 0 Å². The van der Waals surface area contributed by atoms with Crippen molar-refractivity contribution >= 4 is 0 Å². The fraction of sp³-hybridized carbons (Fsp3) is 0.625. The van der Waals surface area contributed by atoms with Crippen LogP contribution >= 0.6 is 0 Å². The van der Waals surface area contributed by atoms with Crippen LogP contribution in [0.1, 0.15) is 31.2 Å². The van der Waals surface area contributed by atoms with Crippen molar-refractivity contribution in [2.24, 2.45) is 11.8 Å². The molecule has 4 atom stereocenters. The highest BCUT2D eigenvalue weighted by atomic mass is 15.7. The molecule has 1 aromatic carbocycles. The van der Waals surface area contributed by atoms with Gasteiger partial charge in [0.2, 0.25) is 0 Å². The maximum atomic E-state index is 2.81. The van der Waals surface area contributed by atoms with Crippen molar-refractivity contribution < 1.29 is 0 Å². The molecule has 1 aliphatic carbocycles. The Balaban J connectivity index is 1.50. The van der Waals surface area contributed by atoms with E-state index in [9.17, 15) is 0 Å². The molecule has 2 nitrogen and oxygen atoms in total. The summed E-state index contributed by atoms with van der Waals surface area (Å²) in [5.74, 6) is 2.00. The first-order chi connectivity index (χ1) is 8.93. The van der Waals surface area contributed by atoms with E-state index >= 15 is 0 Å². The predicted octanol–water partition coefficient (Wildman–Crippen LogP) is 2.66. The van der Waals surface area contributed by atoms with Gasteiger partial charge >= 0.3 is 0 Å². The zero-order chi connectivity index (χ0) is 11.7. The largest absolute Gasteiger partial charge is 0.234 e. The Morgan fingerprint density at radius 1 is 0.889 bits per heavy atom. The van der Waals surface area contributed by atoms with Gasteiger partial charge in [-0.25, -0.2) is 10.0 Å². The third-order valence-corrected chi connectivity index (χ3v) is 5.97. The minimum Gasteiger partial charge on any atom is -0.234 e. The molecule has 3 heterocycles. The first-order valence-corrected chi connectivity index (χ1v) is 7.52. The number of hydrazine groups is 1. The van der Waals surface area contributed by atoms with E-state index in [-0.39, 0.29) is 0 Å². The van der Waals surface area contributed by atoms with E-state index in [4.69, 9.17) is 0 Å². The minimum atomic E-state index is 0.891. The molecule has 3 aliphatic heterocycles. The molecule has 1 aromatic rings. The molecule has 1 saturated carbocycles. The van der Waals surface area contributed by atoms with Crippen LogP contribution in [0.4, 0.5) is 0 Å². The number of benzene rings is 1. The maximum absolute atomic E-state index is 2.81. The highest BCUT2D eigenvalue weighted by Gasteiger charge is 2.66. The Hall–Kier alpha value is -0.860. The summed E-state index contributed by atoms with van der Waals surface area (Å²) < 4.78 is 0. The topological polar surface area (TPSA) is 6.48 Å². The predicted molar refractivity (Wildman–Crippen MR) is 70.6 cm³/mol. The molecular weight excluding hydrogens is 220 g/mol. The molecule has 3 saturated heterocycles. The number of fused-ring (bicyclic) bond motifs is 2. The van der Waals surface area contributed by atoms with Crippen LogP contribution in [0, 0.1) is 11.8 Å². The van der Waals surface area contributed by atoms with Crippen molar-refractivity contribution in [1.82, 2.24) is 10.0 Å². The van der Waals surface area contributed by atoms with Crippen molar-refractivity contribution in [2.45, 2.75) is 50.4 Å². The smallest absolute Gasteiger partial charge is 0.0387 e. The van der Waals surface area contributed by atoms with Crippen molar-refractivity contribution in [2.75, 3.05) is 0 Å². The van der Waals surface area contributed by atoms with Crippen molar-refractivity contribution in [3.05, 3.63) is 35.9 Å². The van der Waals surface area contributed by atoms with Crippen LogP contribution < -0.4 is 0 Å². The summed E-state index contributed by atoms with van der Waals surface area (Å²) in [5, 5.41) is 5.56. The molecule has 2 bridgehead atoms. The van der Waals surface area contributed by atoms with E-state index < -0.39 is 0 Å². The first kappa shape index (κ1) is 9.99. The molecule has 4 fully saturated rings. The zero-order valence-electron chi connectivity index (χ0n) is 10.7. The third kappa shape index (κ3) is 1.07. The van der Waals surface area contributed by atoms with E-state index in [1.54, 1.807) is 0 Å². The van der Waals surface area contributed by atoms with Crippen LogP contribution in [0.15, 0.2) is 30.3 Å². The van der Waals surface area contributed by atoms with E-state index in [1.165, 1.54) is 31.2 Å². The zero-order valence-corrected chi connectivity index (χ0v) is 10.7. The molecule has 18 heavy (non-hydrogen) atoms. The van der Waals surface area contributed by atoms with Crippen molar-refractivity contribution in [1.29, 1.82) is 0 Å².